The van der Waals surface area contributed by atoms with Crippen LogP contribution in [0.2, 0.25) is 0 Å². The summed E-state index contributed by atoms with van der Waals surface area (Å²) in [6.07, 6.45) is 4.30. The molecular weight excluding hydrogens is 110 g/mol. The molecule has 0 spiro atoms. The van der Waals surface area contributed by atoms with Crippen LogP contribution < -0.4 is 0 Å². The Hall–Kier alpha value is -0.740. The average Bonchev–Trinajstić information content (AvgIpc) is 2.58. The fourth-order valence-electron chi connectivity index (χ4n) is 1.90. The third kappa shape index (κ3) is 0.341. The fraction of sp³-hybridized carbons (Fsp3) is 0.500. The van der Waals surface area contributed by atoms with Crippen molar-refractivity contribution in [1.29, 1.82) is 0 Å². The first-order valence-corrected chi connectivity index (χ1v) is 3.40. The Morgan fingerprint density at radius 2 is 2.22 bits per heavy atom. The monoisotopic (exact) mass is 117 g/mol. The van der Waals surface area contributed by atoms with Crippen molar-refractivity contribution in [3.63, 3.8) is 0 Å². The van der Waals surface area contributed by atoms with Gasteiger partial charge in [0.1, 0.15) is 0 Å². The molecule has 4 unspecified atom stereocenters. The van der Waals surface area contributed by atoms with Gasteiger partial charge in [0.2, 0.25) is 0 Å². The van der Waals surface area contributed by atoms with Crippen molar-refractivity contribution in [2.75, 3.05) is 6.54 Å². The van der Waals surface area contributed by atoms with Gasteiger partial charge in [-0.3, -0.25) is 4.90 Å². The van der Waals surface area contributed by atoms with Crippen molar-refractivity contribution in [3.8, 4) is 0 Å². The Kier molecular flexibility index (Phi) is 0.494. The molecule has 2 aliphatic heterocycles. The highest BCUT2D eigenvalue weighted by molar-refractivity contribution is 5.27. The maximum absolute atomic E-state index is 3.02. The van der Waals surface area contributed by atoms with Crippen LogP contribution in [0, 0.1) is 5.92 Å². The lowest BCUT2D eigenvalue weighted by atomic mass is 9.88. The third-order valence-electron chi connectivity index (χ3n) is 2.53. The zero-order valence-electron chi connectivity index (χ0n) is 5.04. The molecule has 0 N–H and O–H groups in total. The van der Waals surface area contributed by atoms with Crippen molar-refractivity contribution < 1.29 is 0 Å². The van der Waals surface area contributed by atoms with E-state index in [1.54, 1.807) is 0 Å². The third-order valence-corrected chi connectivity index (χ3v) is 2.53. The first-order valence-electron chi connectivity index (χ1n) is 3.40. The van der Waals surface area contributed by atoms with E-state index >= 15 is 0 Å². The minimum absolute atomic E-state index is 0.705. The van der Waals surface area contributed by atoms with E-state index in [1.165, 1.54) is 6.54 Å². The number of rotatable bonds is 0. The lowest BCUT2D eigenvalue weighted by Crippen LogP contribution is -2.41. The molecule has 1 nitrogen and oxygen atoms in total. The smallest absolute Gasteiger partial charge is 0.0447 e. The van der Waals surface area contributed by atoms with E-state index in [0.717, 1.165) is 12.0 Å². The molecule has 0 saturated carbocycles. The minimum atomic E-state index is 0.705. The number of nitrogens with zero attached hydrogens (tertiary/aromatic N) is 1. The zero-order chi connectivity index (χ0) is 5.84. The maximum atomic E-state index is 3.02. The summed E-state index contributed by atoms with van der Waals surface area (Å²) in [7, 11) is 0. The zero-order valence-corrected chi connectivity index (χ0v) is 5.04. The van der Waals surface area contributed by atoms with Crippen LogP contribution in [0.15, 0.2) is 23.6 Å². The number of hydrogen-bond donors (Lipinski definition) is 0. The largest absolute Gasteiger partial charge is 0.289 e. The molecule has 0 aromatic rings. The van der Waals surface area contributed by atoms with Crippen LogP contribution in [-0.2, 0) is 0 Å². The van der Waals surface area contributed by atoms with Gasteiger partial charge in [-0.2, -0.15) is 0 Å². The molecule has 0 amide bonds. The second kappa shape index (κ2) is 1.08. The Bertz CT molecular complexity index is 228. The molecule has 0 radical (unpaired) electrons. The molecular formula is C8H7N. The second-order valence-electron chi connectivity index (χ2n) is 2.95. The van der Waals surface area contributed by atoms with Crippen LogP contribution in [0.4, 0.5) is 0 Å². The van der Waals surface area contributed by atoms with Crippen molar-refractivity contribution in [3.05, 3.63) is 23.6 Å². The summed E-state index contributed by atoms with van der Waals surface area (Å²) in [6.45, 7) is 1.31. The van der Waals surface area contributed by atoms with Crippen molar-refractivity contribution in [1.82, 2.24) is 4.90 Å². The number of fused-ring (bicyclic) bond motifs is 4. The Balaban J connectivity index is 2.10. The predicted molar refractivity (Wildman–Crippen MR) is 33.9 cm³/mol. The molecule has 3 rings (SSSR count). The van der Waals surface area contributed by atoms with Crippen LogP contribution in [-0.4, -0.2) is 23.5 Å². The first kappa shape index (κ1) is 4.14. The number of hydrogen-bond acceptors (Lipinski definition) is 1. The predicted octanol–water partition coefficient (Wildman–Crippen LogP) is 0.549. The molecule has 2 heterocycles. The van der Waals surface area contributed by atoms with Crippen LogP contribution in [0.5, 0.6) is 0 Å². The van der Waals surface area contributed by atoms with Gasteiger partial charge in [0.15, 0.2) is 0 Å². The van der Waals surface area contributed by atoms with Gasteiger partial charge in [0, 0.05) is 24.5 Å². The molecule has 0 aromatic heterocycles. The fourth-order valence-corrected chi connectivity index (χ4v) is 1.90. The van der Waals surface area contributed by atoms with Crippen LogP contribution >= 0.6 is 0 Å². The van der Waals surface area contributed by atoms with Gasteiger partial charge in [0.25, 0.3) is 0 Å². The summed E-state index contributed by atoms with van der Waals surface area (Å²) >= 11 is 0. The van der Waals surface area contributed by atoms with Crippen LogP contribution in [0.25, 0.3) is 0 Å². The molecule has 2 saturated heterocycles. The summed E-state index contributed by atoms with van der Waals surface area (Å²) in [5.41, 5.74) is 6.02. The summed E-state index contributed by atoms with van der Waals surface area (Å²) in [4.78, 5) is 2.48. The summed E-state index contributed by atoms with van der Waals surface area (Å²) in [6, 6.07) is 1.59. The van der Waals surface area contributed by atoms with Gasteiger partial charge >= 0.3 is 0 Å². The highest BCUT2D eigenvalue weighted by atomic mass is 15.4. The van der Waals surface area contributed by atoms with E-state index < -0.39 is 0 Å². The molecule has 0 bridgehead atoms. The van der Waals surface area contributed by atoms with E-state index in [-0.39, 0.29) is 0 Å². The Morgan fingerprint density at radius 3 is 3.11 bits per heavy atom. The summed E-state index contributed by atoms with van der Waals surface area (Å²) in [5.74, 6) is 0.797. The average molecular weight is 117 g/mol. The van der Waals surface area contributed by atoms with E-state index in [4.69, 9.17) is 0 Å². The molecule has 0 aromatic carbocycles. The molecule has 9 heavy (non-hydrogen) atoms. The van der Waals surface area contributed by atoms with Crippen LogP contribution in [0.3, 0.4) is 0 Å². The summed E-state index contributed by atoms with van der Waals surface area (Å²) in [5, 5.41) is 0. The molecule has 2 fully saturated rings. The lowest BCUT2D eigenvalue weighted by Gasteiger charge is -2.32. The highest BCUT2D eigenvalue weighted by Gasteiger charge is 2.57. The van der Waals surface area contributed by atoms with Gasteiger partial charge in [-0.1, -0.05) is 11.5 Å². The van der Waals surface area contributed by atoms with Crippen molar-refractivity contribution in [2.45, 2.75) is 12.1 Å². The molecule has 44 valence electrons. The molecule has 1 heteroatoms. The van der Waals surface area contributed by atoms with Gasteiger partial charge in [0.05, 0.1) is 0 Å². The van der Waals surface area contributed by atoms with Gasteiger partial charge in [-0.25, -0.2) is 0 Å². The van der Waals surface area contributed by atoms with Crippen LogP contribution in [0.1, 0.15) is 0 Å². The topological polar surface area (TPSA) is 3.01 Å². The van der Waals surface area contributed by atoms with E-state index in [1.807, 2.05) is 0 Å². The van der Waals surface area contributed by atoms with E-state index in [0.29, 0.717) is 6.04 Å². The standard InChI is InChI=1S/C8H7N/c1-2-4-7-6(3-1)8-5-9(7)8/h3-4,6-8H,5H2. The van der Waals surface area contributed by atoms with Crippen molar-refractivity contribution in [2.24, 2.45) is 5.92 Å². The van der Waals surface area contributed by atoms with Gasteiger partial charge in [-0.15, -0.1) is 0 Å². The second-order valence-corrected chi connectivity index (χ2v) is 2.95. The molecule has 3 aliphatic rings. The highest BCUT2D eigenvalue weighted by Crippen LogP contribution is 2.45. The van der Waals surface area contributed by atoms with Gasteiger partial charge in [-0.05, 0) is 12.2 Å². The normalized spacial score (nSPS) is 56.0. The van der Waals surface area contributed by atoms with E-state index in [9.17, 15) is 0 Å². The van der Waals surface area contributed by atoms with Crippen molar-refractivity contribution >= 4 is 0 Å². The lowest BCUT2D eigenvalue weighted by molar-refractivity contribution is 0.228. The Morgan fingerprint density at radius 1 is 1.33 bits per heavy atom. The minimum Gasteiger partial charge on any atom is -0.289 e. The summed E-state index contributed by atoms with van der Waals surface area (Å²) < 4.78 is 0. The quantitative estimate of drug-likeness (QED) is 0.331. The molecule has 1 aliphatic carbocycles. The van der Waals surface area contributed by atoms with Gasteiger partial charge < -0.3 is 0 Å². The SMILES string of the molecule is C1=C=CC2C(C=1)C1CN21. The Labute approximate surface area is 54.0 Å². The maximum Gasteiger partial charge on any atom is 0.0447 e. The first-order chi connectivity index (χ1) is 4.47. The molecule has 4 atom stereocenters. The van der Waals surface area contributed by atoms with E-state index in [2.05, 4.69) is 28.5 Å².